The van der Waals surface area contributed by atoms with Crippen LogP contribution in [0.2, 0.25) is 0 Å². The number of hydrogen-bond donors (Lipinski definition) is 1. The third kappa shape index (κ3) is 4.71. The van der Waals surface area contributed by atoms with Gasteiger partial charge in [-0.3, -0.25) is 4.68 Å². The highest BCUT2D eigenvalue weighted by atomic mass is 32.2. The fourth-order valence-electron chi connectivity index (χ4n) is 1.56. The van der Waals surface area contributed by atoms with Gasteiger partial charge < -0.3 is 5.32 Å². The van der Waals surface area contributed by atoms with E-state index in [9.17, 15) is 0 Å². The Morgan fingerprint density at radius 3 is 2.93 bits per heavy atom. The molecule has 0 fully saturated rings. The van der Waals surface area contributed by atoms with Crippen molar-refractivity contribution in [2.24, 2.45) is 7.05 Å². The second-order valence-corrected chi connectivity index (χ2v) is 4.70. The van der Waals surface area contributed by atoms with Crippen LogP contribution in [-0.2, 0) is 13.5 Å². The van der Waals surface area contributed by atoms with Crippen LogP contribution < -0.4 is 5.32 Å². The molecule has 0 radical (unpaired) electrons. The summed E-state index contributed by atoms with van der Waals surface area (Å²) in [7, 11) is 1.96. The first-order chi connectivity index (χ1) is 7.26. The van der Waals surface area contributed by atoms with Crippen molar-refractivity contribution in [3.05, 3.63) is 18.0 Å². The molecule has 86 valence electrons. The summed E-state index contributed by atoms with van der Waals surface area (Å²) in [5.41, 5.74) is 1.18. The number of nitrogens with zero attached hydrogens (tertiary/aromatic N) is 2. The van der Waals surface area contributed by atoms with E-state index in [-0.39, 0.29) is 0 Å². The molecule has 1 heterocycles. The predicted octanol–water partition coefficient (Wildman–Crippen LogP) is 1.69. The van der Waals surface area contributed by atoms with E-state index in [4.69, 9.17) is 0 Å². The van der Waals surface area contributed by atoms with Crippen LogP contribution in [0.4, 0.5) is 0 Å². The molecule has 0 amide bonds. The van der Waals surface area contributed by atoms with Gasteiger partial charge in [0.25, 0.3) is 0 Å². The Balaban J connectivity index is 2.42. The normalized spacial score (nSPS) is 13.0. The van der Waals surface area contributed by atoms with Crippen LogP contribution in [-0.4, -0.2) is 34.4 Å². The Labute approximate surface area is 96.6 Å². The molecule has 3 nitrogen and oxygen atoms in total. The SMILES string of the molecule is CCCNC(CSC)Cc1ccn(C)n1. The molecule has 15 heavy (non-hydrogen) atoms. The van der Waals surface area contributed by atoms with Crippen LogP contribution in [0.3, 0.4) is 0 Å². The van der Waals surface area contributed by atoms with Crippen LogP contribution in [0, 0.1) is 0 Å². The van der Waals surface area contributed by atoms with Gasteiger partial charge in [0.1, 0.15) is 0 Å². The monoisotopic (exact) mass is 227 g/mol. The zero-order chi connectivity index (χ0) is 11.1. The van der Waals surface area contributed by atoms with Crippen molar-refractivity contribution in [1.82, 2.24) is 15.1 Å². The van der Waals surface area contributed by atoms with Crippen molar-refractivity contribution in [1.29, 1.82) is 0 Å². The van der Waals surface area contributed by atoms with Gasteiger partial charge in [-0.1, -0.05) is 6.92 Å². The second-order valence-electron chi connectivity index (χ2n) is 3.79. The first-order valence-electron chi connectivity index (χ1n) is 5.47. The van der Waals surface area contributed by atoms with Gasteiger partial charge in [0.15, 0.2) is 0 Å². The summed E-state index contributed by atoms with van der Waals surface area (Å²) in [5, 5.41) is 7.97. The summed E-state index contributed by atoms with van der Waals surface area (Å²) in [6, 6.07) is 2.65. The van der Waals surface area contributed by atoms with Crippen LogP contribution in [0.25, 0.3) is 0 Å². The lowest BCUT2D eigenvalue weighted by Gasteiger charge is -2.15. The molecule has 1 unspecified atom stereocenters. The molecule has 1 rings (SSSR count). The van der Waals surface area contributed by atoms with E-state index in [1.165, 1.54) is 12.1 Å². The summed E-state index contributed by atoms with van der Waals surface area (Å²) in [6.45, 7) is 3.29. The quantitative estimate of drug-likeness (QED) is 0.769. The molecule has 0 aromatic carbocycles. The number of rotatable bonds is 7. The minimum absolute atomic E-state index is 0.551. The molecule has 0 saturated heterocycles. The van der Waals surface area contributed by atoms with Gasteiger partial charge in [0.05, 0.1) is 5.69 Å². The van der Waals surface area contributed by atoms with E-state index in [0.717, 1.165) is 18.7 Å². The highest BCUT2D eigenvalue weighted by Crippen LogP contribution is 2.05. The van der Waals surface area contributed by atoms with Crippen molar-refractivity contribution in [2.45, 2.75) is 25.8 Å². The summed E-state index contributed by atoms with van der Waals surface area (Å²) >= 11 is 1.89. The zero-order valence-corrected chi connectivity index (χ0v) is 10.7. The fraction of sp³-hybridized carbons (Fsp3) is 0.727. The van der Waals surface area contributed by atoms with Gasteiger partial charge in [0, 0.05) is 31.5 Å². The van der Waals surface area contributed by atoms with Gasteiger partial charge >= 0.3 is 0 Å². The average molecular weight is 227 g/mol. The lowest BCUT2D eigenvalue weighted by molar-refractivity contribution is 0.541. The second kappa shape index (κ2) is 6.90. The Hall–Kier alpha value is -0.480. The summed E-state index contributed by atoms with van der Waals surface area (Å²) in [5.74, 6) is 1.15. The molecule has 1 aromatic heterocycles. The molecular formula is C11H21N3S. The van der Waals surface area contributed by atoms with E-state index in [2.05, 4.69) is 29.7 Å². The molecule has 4 heteroatoms. The van der Waals surface area contributed by atoms with Crippen molar-refractivity contribution < 1.29 is 0 Å². The highest BCUT2D eigenvalue weighted by Gasteiger charge is 2.09. The van der Waals surface area contributed by atoms with E-state index >= 15 is 0 Å². The van der Waals surface area contributed by atoms with Gasteiger partial charge in [-0.25, -0.2) is 0 Å². The standard InChI is InChI=1S/C11H21N3S/c1-4-6-12-11(9-15-3)8-10-5-7-14(2)13-10/h5,7,11-12H,4,6,8-9H2,1-3H3. The maximum atomic E-state index is 4.41. The summed E-state index contributed by atoms with van der Waals surface area (Å²) < 4.78 is 1.87. The minimum Gasteiger partial charge on any atom is -0.313 e. The van der Waals surface area contributed by atoms with Crippen LogP contribution in [0.5, 0.6) is 0 Å². The Kier molecular flexibility index (Phi) is 5.79. The zero-order valence-electron chi connectivity index (χ0n) is 9.86. The molecule has 1 atom stereocenters. The van der Waals surface area contributed by atoms with Crippen molar-refractivity contribution in [3.63, 3.8) is 0 Å². The Bertz CT molecular complexity index is 273. The highest BCUT2D eigenvalue weighted by molar-refractivity contribution is 7.98. The first-order valence-corrected chi connectivity index (χ1v) is 6.86. The maximum absolute atomic E-state index is 4.41. The van der Waals surface area contributed by atoms with Crippen molar-refractivity contribution in [2.75, 3.05) is 18.6 Å². The number of aromatic nitrogens is 2. The van der Waals surface area contributed by atoms with Crippen LogP contribution >= 0.6 is 11.8 Å². The Morgan fingerprint density at radius 1 is 1.60 bits per heavy atom. The molecule has 0 bridgehead atoms. The molecule has 0 spiro atoms. The van der Waals surface area contributed by atoms with Crippen LogP contribution in [0.1, 0.15) is 19.0 Å². The lowest BCUT2D eigenvalue weighted by atomic mass is 10.2. The molecule has 0 aliphatic heterocycles. The van der Waals surface area contributed by atoms with E-state index in [0.29, 0.717) is 6.04 Å². The number of aryl methyl sites for hydroxylation is 1. The summed E-state index contributed by atoms with van der Waals surface area (Å²) in [4.78, 5) is 0. The fourth-order valence-corrected chi connectivity index (χ4v) is 2.20. The predicted molar refractivity (Wildman–Crippen MR) is 67.4 cm³/mol. The molecule has 0 aliphatic rings. The van der Waals surface area contributed by atoms with Crippen LogP contribution in [0.15, 0.2) is 12.3 Å². The first kappa shape index (κ1) is 12.6. The lowest BCUT2D eigenvalue weighted by Crippen LogP contribution is -2.34. The minimum atomic E-state index is 0.551. The van der Waals surface area contributed by atoms with Gasteiger partial charge in [0.2, 0.25) is 0 Å². The third-order valence-corrected chi connectivity index (χ3v) is 3.01. The third-order valence-electron chi connectivity index (χ3n) is 2.28. The molecule has 0 aliphatic carbocycles. The average Bonchev–Trinajstić information content (AvgIpc) is 2.61. The summed E-state index contributed by atoms with van der Waals surface area (Å²) in [6.07, 6.45) is 6.37. The van der Waals surface area contributed by atoms with Crippen molar-refractivity contribution >= 4 is 11.8 Å². The largest absolute Gasteiger partial charge is 0.313 e. The van der Waals surface area contributed by atoms with Gasteiger partial charge in [-0.05, 0) is 25.3 Å². The maximum Gasteiger partial charge on any atom is 0.0640 e. The molecule has 1 N–H and O–H groups in total. The van der Waals surface area contributed by atoms with Gasteiger partial charge in [-0.2, -0.15) is 16.9 Å². The smallest absolute Gasteiger partial charge is 0.0640 e. The topological polar surface area (TPSA) is 29.9 Å². The molecule has 0 saturated carbocycles. The van der Waals surface area contributed by atoms with Gasteiger partial charge in [-0.15, -0.1) is 0 Å². The Morgan fingerprint density at radius 2 is 2.40 bits per heavy atom. The molecular weight excluding hydrogens is 206 g/mol. The number of thioether (sulfide) groups is 1. The van der Waals surface area contributed by atoms with E-state index < -0.39 is 0 Å². The van der Waals surface area contributed by atoms with Crippen molar-refractivity contribution in [3.8, 4) is 0 Å². The van der Waals surface area contributed by atoms with E-state index in [1.807, 2.05) is 29.7 Å². The number of hydrogen-bond acceptors (Lipinski definition) is 3. The molecule has 1 aromatic rings. The number of nitrogens with one attached hydrogen (secondary N) is 1. The van der Waals surface area contributed by atoms with E-state index in [1.54, 1.807) is 0 Å².